The van der Waals surface area contributed by atoms with Crippen LogP contribution in [0.2, 0.25) is 0 Å². The van der Waals surface area contributed by atoms with Crippen LogP contribution in [0.1, 0.15) is 31.2 Å². The molecule has 120 valence electrons. The maximum atomic E-state index is 10.4. The van der Waals surface area contributed by atoms with E-state index in [1.807, 2.05) is 24.3 Å². The molecule has 0 unspecified atom stereocenters. The summed E-state index contributed by atoms with van der Waals surface area (Å²) < 4.78 is 10.9. The van der Waals surface area contributed by atoms with Gasteiger partial charge in [-0.15, -0.1) is 0 Å². The number of aliphatic hydroxyl groups is 1. The fourth-order valence-corrected chi connectivity index (χ4v) is 2.45. The second kappa shape index (κ2) is 8.74. The van der Waals surface area contributed by atoms with E-state index < -0.39 is 5.60 Å². The average molecular weight is 304 g/mol. The van der Waals surface area contributed by atoms with Crippen molar-refractivity contribution in [1.29, 1.82) is 5.26 Å². The first-order valence-corrected chi connectivity index (χ1v) is 7.81. The Hall–Kier alpha value is -1.61. The van der Waals surface area contributed by atoms with Gasteiger partial charge in [0, 0.05) is 45.6 Å². The summed E-state index contributed by atoms with van der Waals surface area (Å²) in [5.74, 6) is 0.821. The molecule has 0 saturated carbocycles. The smallest absolute Gasteiger partial charge is 0.119 e. The third-order valence-corrected chi connectivity index (χ3v) is 3.81. The summed E-state index contributed by atoms with van der Waals surface area (Å²) in [5, 5.41) is 22.2. The van der Waals surface area contributed by atoms with E-state index in [9.17, 15) is 5.11 Å². The van der Waals surface area contributed by atoms with E-state index >= 15 is 0 Å². The van der Waals surface area contributed by atoms with Gasteiger partial charge < -0.3 is 19.9 Å². The molecule has 1 fully saturated rings. The molecule has 0 aromatic heterocycles. The van der Waals surface area contributed by atoms with Crippen LogP contribution < -0.4 is 10.1 Å². The summed E-state index contributed by atoms with van der Waals surface area (Å²) >= 11 is 0. The van der Waals surface area contributed by atoms with Crippen molar-refractivity contribution in [3.05, 3.63) is 29.8 Å². The molecule has 2 rings (SSSR count). The highest BCUT2D eigenvalue weighted by Crippen LogP contribution is 2.19. The van der Waals surface area contributed by atoms with Crippen molar-refractivity contribution < 1.29 is 14.6 Å². The topological polar surface area (TPSA) is 74.5 Å². The van der Waals surface area contributed by atoms with Gasteiger partial charge in [-0.1, -0.05) is 12.1 Å². The van der Waals surface area contributed by atoms with Crippen LogP contribution in [0.3, 0.4) is 0 Å². The highest BCUT2D eigenvalue weighted by atomic mass is 16.5. The molecular formula is C17H24N2O3. The Morgan fingerprint density at radius 2 is 2.18 bits per heavy atom. The van der Waals surface area contributed by atoms with Crippen molar-refractivity contribution in [3.8, 4) is 11.8 Å². The normalized spacial score (nSPS) is 16.9. The molecule has 1 aromatic carbocycles. The van der Waals surface area contributed by atoms with Gasteiger partial charge in [-0.3, -0.25) is 0 Å². The second-order valence-electron chi connectivity index (χ2n) is 5.70. The molecule has 1 saturated heterocycles. The molecule has 22 heavy (non-hydrogen) atoms. The van der Waals surface area contributed by atoms with Gasteiger partial charge in [-0.25, -0.2) is 0 Å². The van der Waals surface area contributed by atoms with Gasteiger partial charge in [0.15, 0.2) is 0 Å². The number of hydrogen-bond donors (Lipinski definition) is 2. The molecule has 2 N–H and O–H groups in total. The van der Waals surface area contributed by atoms with Gasteiger partial charge in [-0.05, 0) is 24.1 Å². The molecular weight excluding hydrogens is 280 g/mol. The van der Waals surface area contributed by atoms with Crippen LogP contribution in [0.15, 0.2) is 24.3 Å². The summed E-state index contributed by atoms with van der Waals surface area (Å²) in [5.41, 5.74) is 0.470. The second-order valence-corrected chi connectivity index (χ2v) is 5.70. The Balaban J connectivity index is 1.74. The maximum absolute atomic E-state index is 10.4. The predicted molar refractivity (Wildman–Crippen MR) is 83.5 cm³/mol. The van der Waals surface area contributed by atoms with Crippen LogP contribution in [0.4, 0.5) is 0 Å². The molecule has 0 bridgehead atoms. The molecule has 0 aliphatic carbocycles. The van der Waals surface area contributed by atoms with Crippen molar-refractivity contribution in [3.63, 3.8) is 0 Å². The van der Waals surface area contributed by atoms with E-state index in [0.29, 0.717) is 52.2 Å². The molecule has 0 amide bonds. The summed E-state index contributed by atoms with van der Waals surface area (Å²) in [4.78, 5) is 0. The van der Waals surface area contributed by atoms with Crippen molar-refractivity contribution in [2.75, 3.05) is 26.4 Å². The van der Waals surface area contributed by atoms with Gasteiger partial charge in [0.25, 0.3) is 0 Å². The Labute approximate surface area is 131 Å². The van der Waals surface area contributed by atoms with Crippen LogP contribution in [0.25, 0.3) is 0 Å². The van der Waals surface area contributed by atoms with Crippen molar-refractivity contribution >= 4 is 0 Å². The fourth-order valence-electron chi connectivity index (χ4n) is 2.45. The lowest BCUT2D eigenvalue weighted by atomic mass is 9.94. The van der Waals surface area contributed by atoms with Crippen LogP contribution >= 0.6 is 0 Å². The van der Waals surface area contributed by atoms with Crippen molar-refractivity contribution in [1.82, 2.24) is 5.32 Å². The van der Waals surface area contributed by atoms with E-state index in [1.54, 1.807) is 0 Å². The molecule has 1 heterocycles. The monoisotopic (exact) mass is 304 g/mol. The number of nitriles is 1. The molecule has 1 aliphatic heterocycles. The van der Waals surface area contributed by atoms with Gasteiger partial charge >= 0.3 is 0 Å². The quantitative estimate of drug-likeness (QED) is 0.719. The zero-order valence-corrected chi connectivity index (χ0v) is 12.9. The van der Waals surface area contributed by atoms with E-state index in [1.165, 1.54) is 0 Å². The summed E-state index contributed by atoms with van der Waals surface area (Å²) in [6.07, 6.45) is 2.63. The molecule has 5 nitrogen and oxygen atoms in total. The standard InChI is InChI=1S/C17H24N2O3/c18-8-1-2-9-22-16-5-3-4-15(12-16)13-19-14-17(20)6-10-21-11-7-17/h3-5,12,19-20H,1-2,6-7,9-11,13-14H2. The van der Waals surface area contributed by atoms with Gasteiger partial charge in [0.2, 0.25) is 0 Å². The maximum Gasteiger partial charge on any atom is 0.119 e. The molecule has 0 spiro atoms. The summed E-state index contributed by atoms with van der Waals surface area (Å²) in [6, 6.07) is 10.0. The number of nitrogens with zero attached hydrogens (tertiary/aromatic N) is 1. The van der Waals surface area contributed by atoms with Crippen LogP contribution in [0, 0.1) is 11.3 Å². The predicted octanol–water partition coefficient (Wildman–Crippen LogP) is 2.00. The van der Waals surface area contributed by atoms with Crippen molar-refractivity contribution in [2.45, 2.75) is 37.8 Å². The van der Waals surface area contributed by atoms with Gasteiger partial charge in [0.1, 0.15) is 5.75 Å². The SMILES string of the molecule is N#CCCCOc1cccc(CNCC2(O)CCOCC2)c1. The Morgan fingerprint density at radius 1 is 1.36 bits per heavy atom. The third kappa shape index (κ3) is 5.64. The molecule has 0 atom stereocenters. The average Bonchev–Trinajstić information content (AvgIpc) is 2.53. The number of unbranched alkanes of at least 4 members (excludes halogenated alkanes) is 1. The molecule has 0 radical (unpaired) electrons. The highest BCUT2D eigenvalue weighted by Gasteiger charge is 2.28. The lowest BCUT2D eigenvalue weighted by Gasteiger charge is -2.32. The third-order valence-electron chi connectivity index (χ3n) is 3.81. The minimum Gasteiger partial charge on any atom is -0.494 e. The van der Waals surface area contributed by atoms with Crippen LogP contribution in [0.5, 0.6) is 5.75 Å². The van der Waals surface area contributed by atoms with E-state index in [0.717, 1.165) is 17.7 Å². The van der Waals surface area contributed by atoms with Crippen LogP contribution in [-0.2, 0) is 11.3 Å². The lowest BCUT2D eigenvalue weighted by molar-refractivity contribution is -0.0617. The Kier molecular flexibility index (Phi) is 6.66. The molecule has 1 aromatic rings. The minimum atomic E-state index is -0.649. The van der Waals surface area contributed by atoms with E-state index in [-0.39, 0.29) is 0 Å². The zero-order chi connectivity index (χ0) is 15.7. The number of nitrogens with one attached hydrogen (secondary N) is 1. The number of ether oxygens (including phenoxy) is 2. The lowest BCUT2D eigenvalue weighted by Crippen LogP contribution is -2.44. The van der Waals surface area contributed by atoms with Gasteiger partial charge in [0.05, 0.1) is 18.3 Å². The first-order valence-electron chi connectivity index (χ1n) is 7.81. The largest absolute Gasteiger partial charge is 0.494 e. The fraction of sp³-hybridized carbons (Fsp3) is 0.588. The molecule has 5 heteroatoms. The minimum absolute atomic E-state index is 0.517. The summed E-state index contributed by atoms with van der Waals surface area (Å²) in [6.45, 7) is 3.08. The Morgan fingerprint density at radius 3 is 2.95 bits per heavy atom. The van der Waals surface area contributed by atoms with Crippen molar-refractivity contribution in [2.24, 2.45) is 0 Å². The molecule has 1 aliphatic rings. The van der Waals surface area contributed by atoms with Gasteiger partial charge in [-0.2, -0.15) is 5.26 Å². The number of benzene rings is 1. The number of rotatable bonds is 8. The highest BCUT2D eigenvalue weighted by molar-refractivity contribution is 5.28. The van der Waals surface area contributed by atoms with Crippen LogP contribution in [-0.4, -0.2) is 37.1 Å². The first-order chi connectivity index (χ1) is 10.7. The Bertz CT molecular complexity index is 493. The van der Waals surface area contributed by atoms with E-state index in [4.69, 9.17) is 14.7 Å². The first kappa shape index (κ1) is 16.8. The van der Waals surface area contributed by atoms with E-state index in [2.05, 4.69) is 11.4 Å². The summed E-state index contributed by atoms with van der Waals surface area (Å²) in [7, 11) is 0. The number of hydrogen-bond acceptors (Lipinski definition) is 5. The zero-order valence-electron chi connectivity index (χ0n) is 12.9.